The third-order valence-electron chi connectivity index (χ3n) is 3.74. The summed E-state index contributed by atoms with van der Waals surface area (Å²) in [6.07, 6.45) is 2.93. The van der Waals surface area contributed by atoms with Gasteiger partial charge >= 0.3 is 6.09 Å². The number of nitrogens with one attached hydrogen (secondary N) is 1. The minimum atomic E-state index is -0.479. The molecule has 1 saturated heterocycles. The van der Waals surface area contributed by atoms with Gasteiger partial charge in [0.1, 0.15) is 5.60 Å². The largest absolute Gasteiger partial charge is 0.444 e. The van der Waals surface area contributed by atoms with Crippen molar-refractivity contribution in [2.45, 2.75) is 65.5 Å². The zero-order valence-corrected chi connectivity index (χ0v) is 14.8. The second-order valence-electron chi connectivity index (χ2n) is 7.18. The predicted molar refractivity (Wildman–Crippen MR) is 90.7 cm³/mol. The summed E-state index contributed by atoms with van der Waals surface area (Å²) >= 11 is 0. The van der Waals surface area contributed by atoms with E-state index in [2.05, 4.69) is 20.2 Å². The molecule has 0 aromatic carbocycles. The van der Waals surface area contributed by atoms with Crippen LogP contribution in [0.25, 0.3) is 0 Å². The van der Waals surface area contributed by atoms with Crippen LogP contribution in [0, 0.1) is 13.8 Å². The highest BCUT2D eigenvalue weighted by Crippen LogP contribution is 2.22. The van der Waals surface area contributed by atoms with Gasteiger partial charge in [-0.25, -0.2) is 14.8 Å². The van der Waals surface area contributed by atoms with Crippen molar-refractivity contribution in [3.05, 3.63) is 17.5 Å². The molecule has 1 atom stereocenters. The van der Waals surface area contributed by atoms with Crippen LogP contribution in [-0.4, -0.2) is 40.8 Å². The quantitative estimate of drug-likeness (QED) is 0.927. The van der Waals surface area contributed by atoms with Gasteiger partial charge in [-0.3, -0.25) is 0 Å². The Bertz CT molecular complexity index is 534. The van der Waals surface area contributed by atoms with Gasteiger partial charge in [0.05, 0.1) is 0 Å². The number of rotatable bonds is 3. The van der Waals surface area contributed by atoms with Gasteiger partial charge < -0.3 is 15.0 Å². The summed E-state index contributed by atoms with van der Waals surface area (Å²) in [5.74, 6) is 0.762. The Balaban J connectivity index is 2.02. The lowest BCUT2D eigenvalue weighted by Gasteiger charge is -2.36. The van der Waals surface area contributed by atoms with E-state index in [0.717, 1.165) is 43.1 Å². The molecular weight excluding hydrogens is 292 g/mol. The molecule has 1 aromatic heterocycles. The van der Waals surface area contributed by atoms with Gasteiger partial charge in [0.25, 0.3) is 0 Å². The first-order valence-electron chi connectivity index (χ1n) is 8.30. The Morgan fingerprint density at radius 3 is 2.57 bits per heavy atom. The van der Waals surface area contributed by atoms with Crippen molar-refractivity contribution >= 4 is 12.0 Å². The molecule has 6 heteroatoms. The molecule has 128 valence electrons. The highest BCUT2D eigenvalue weighted by Gasteiger charge is 2.26. The van der Waals surface area contributed by atoms with Crippen molar-refractivity contribution in [1.82, 2.24) is 15.3 Å². The summed E-state index contributed by atoms with van der Waals surface area (Å²) in [4.78, 5) is 23.2. The van der Waals surface area contributed by atoms with E-state index in [4.69, 9.17) is 4.74 Å². The molecule has 1 fully saturated rings. The van der Waals surface area contributed by atoms with Gasteiger partial charge in [0, 0.05) is 30.5 Å². The van der Waals surface area contributed by atoms with Crippen LogP contribution in [0.2, 0.25) is 0 Å². The van der Waals surface area contributed by atoms with E-state index in [9.17, 15) is 4.79 Å². The molecule has 0 radical (unpaired) electrons. The van der Waals surface area contributed by atoms with Crippen molar-refractivity contribution in [2.24, 2.45) is 0 Å². The summed E-state index contributed by atoms with van der Waals surface area (Å²) in [5.41, 5.74) is 1.46. The minimum absolute atomic E-state index is 0.206. The number of ether oxygens (including phenoxy) is 1. The van der Waals surface area contributed by atoms with Crippen molar-refractivity contribution in [1.29, 1.82) is 0 Å². The van der Waals surface area contributed by atoms with Crippen molar-refractivity contribution < 1.29 is 9.53 Å². The van der Waals surface area contributed by atoms with Gasteiger partial charge in [-0.15, -0.1) is 0 Å². The second-order valence-corrected chi connectivity index (χ2v) is 7.18. The smallest absolute Gasteiger partial charge is 0.407 e. The molecule has 2 rings (SSSR count). The molecule has 1 N–H and O–H groups in total. The summed E-state index contributed by atoms with van der Waals surface area (Å²) in [5, 5.41) is 2.88. The highest BCUT2D eigenvalue weighted by molar-refractivity contribution is 5.67. The SMILES string of the molecule is Cc1cc(C)nc(N2CCCCC2CNC(=O)OC(C)(C)C)n1. The lowest BCUT2D eigenvalue weighted by Crippen LogP contribution is -2.48. The Morgan fingerprint density at radius 2 is 1.96 bits per heavy atom. The Morgan fingerprint density at radius 1 is 1.30 bits per heavy atom. The number of hydrogen-bond donors (Lipinski definition) is 1. The standard InChI is InChI=1S/C17H28N4O2/c1-12-10-13(2)20-15(19-12)21-9-7-6-8-14(21)11-18-16(22)23-17(3,4)5/h10,14H,6-9,11H2,1-5H3,(H,18,22). The number of nitrogens with zero attached hydrogens (tertiary/aromatic N) is 3. The maximum absolute atomic E-state index is 11.9. The Labute approximate surface area is 138 Å². The van der Waals surface area contributed by atoms with Gasteiger partial charge in [0.15, 0.2) is 0 Å². The fourth-order valence-corrected chi connectivity index (χ4v) is 2.83. The molecule has 0 saturated carbocycles. The maximum atomic E-state index is 11.9. The third-order valence-corrected chi connectivity index (χ3v) is 3.74. The molecule has 0 bridgehead atoms. The summed E-state index contributed by atoms with van der Waals surface area (Å²) < 4.78 is 5.31. The molecule has 1 unspecified atom stereocenters. The first kappa shape index (κ1) is 17.5. The highest BCUT2D eigenvalue weighted by atomic mass is 16.6. The number of carbonyl (C=O) groups excluding carboxylic acids is 1. The van der Waals surface area contributed by atoms with E-state index in [1.165, 1.54) is 0 Å². The van der Waals surface area contributed by atoms with E-state index >= 15 is 0 Å². The van der Waals surface area contributed by atoms with E-state index in [-0.39, 0.29) is 12.1 Å². The fraction of sp³-hybridized carbons (Fsp3) is 0.706. The molecule has 0 aliphatic carbocycles. The number of amides is 1. The van der Waals surface area contributed by atoms with Gasteiger partial charge in [-0.2, -0.15) is 0 Å². The van der Waals surface area contributed by atoms with Crippen LogP contribution in [0.4, 0.5) is 10.7 Å². The number of aryl methyl sites for hydroxylation is 2. The van der Waals surface area contributed by atoms with Crippen molar-refractivity contribution in [3.63, 3.8) is 0 Å². The molecule has 2 heterocycles. The first-order valence-corrected chi connectivity index (χ1v) is 8.30. The molecule has 6 nitrogen and oxygen atoms in total. The van der Waals surface area contributed by atoms with E-state index in [0.29, 0.717) is 6.54 Å². The average Bonchev–Trinajstić information content (AvgIpc) is 2.42. The first-order chi connectivity index (χ1) is 10.7. The summed E-state index contributed by atoms with van der Waals surface area (Å²) in [6.45, 7) is 11.0. The monoisotopic (exact) mass is 320 g/mol. The number of hydrogen-bond acceptors (Lipinski definition) is 5. The van der Waals surface area contributed by atoms with E-state index < -0.39 is 5.60 Å². The molecule has 0 spiro atoms. The van der Waals surface area contributed by atoms with Crippen LogP contribution in [0.15, 0.2) is 6.07 Å². The molecule has 1 amide bonds. The predicted octanol–water partition coefficient (Wildman–Crippen LogP) is 2.98. The van der Waals surface area contributed by atoms with Crippen LogP contribution in [0.1, 0.15) is 51.4 Å². The second kappa shape index (κ2) is 7.15. The third kappa shape index (κ3) is 5.37. The lowest BCUT2D eigenvalue weighted by atomic mass is 10.0. The van der Waals surface area contributed by atoms with Crippen LogP contribution in [-0.2, 0) is 4.74 Å². The minimum Gasteiger partial charge on any atom is -0.444 e. The van der Waals surface area contributed by atoms with E-state index in [1.54, 1.807) is 0 Å². The topological polar surface area (TPSA) is 67.4 Å². The normalized spacial score (nSPS) is 18.7. The average molecular weight is 320 g/mol. The van der Waals surface area contributed by atoms with Gasteiger partial charge in [-0.05, 0) is 59.9 Å². The molecule has 1 aliphatic heterocycles. The number of anilines is 1. The van der Waals surface area contributed by atoms with Gasteiger partial charge in [-0.1, -0.05) is 0 Å². The van der Waals surface area contributed by atoms with Crippen LogP contribution in [0.5, 0.6) is 0 Å². The van der Waals surface area contributed by atoms with Crippen molar-refractivity contribution in [3.8, 4) is 0 Å². The van der Waals surface area contributed by atoms with Crippen LogP contribution < -0.4 is 10.2 Å². The lowest BCUT2D eigenvalue weighted by molar-refractivity contribution is 0.0522. The maximum Gasteiger partial charge on any atom is 0.407 e. The number of aromatic nitrogens is 2. The fourth-order valence-electron chi connectivity index (χ4n) is 2.83. The Hall–Kier alpha value is -1.85. The van der Waals surface area contributed by atoms with Crippen LogP contribution in [0.3, 0.4) is 0 Å². The zero-order chi connectivity index (χ0) is 17.0. The molecule has 1 aromatic rings. The summed E-state index contributed by atoms with van der Waals surface area (Å²) in [6, 6.07) is 2.18. The Kier molecular flexibility index (Phi) is 5.44. The summed E-state index contributed by atoms with van der Waals surface area (Å²) in [7, 11) is 0. The van der Waals surface area contributed by atoms with Crippen LogP contribution >= 0.6 is 0 Å². The zero-order valence-electron chi connectivity index (χ0n) is 14.8. The van der Waals surface area contributed by atoms with Crippen molar-refractivity contribution in [2.75, 3.05) is 18.0 Å². The molecule has 23 heavy (non-hydrogen) atoms. The number of piperidine rings is 1. The molecular formula is C17H28N4O2. The number of alkyl carbamates (subject to hydrolysis) is 1. The van der Waals surface area contributed by atoms with Gasteiger partial charge in [0.2, 0.25) is 5.95 Å². The van der Waals surface area contributed by atoms with E-state index in [1.807, 2.05) is 40.7 Å². The molecule has 1 aliphatic rings. The number of carbonyl (C=O) groups is 1.